The lowest BCUT2D eigenvalue weighted by atomic mass is 10.1. The minimum Gasteiger partial charge on any atom is -0.408 e. The number of aromatic amines is 1. The Kier molecular flexibility index (Phi) is 3.04. The van der Waals surface area contributed by atoms with Crippen molar-refractivity contribution in [2.45, 2.75) is 25.9 Å². The van der Waals surface area contributed by atoms with Gasteiger partial charge in [0.05, 0.1) is 12.1 Å². The van der Waals surface area contributed by atoms with Gasteiger partial charge in [-0.3, -0.25) is 4.98 Å². The molecule has 1 aromatic heterocycles. The van der Waals surface area contributed by atoms with Crippen molar-refractivity contribution in [1.82, 2.24) is 10.3 Å². The molecule has 0 aliphatic rings. The second kappa shape index (κ2) is 4.35. The first-order valence-electron chi connectivity index (χ1n) is 5.48. The molecule has 2 aromatic rings. The molecule has 0 amide bonds. The molecule has 0 radical (unpaired) electrons. The Balaban J connectivity index is 2.17. The summed E-state index contributed by atoms with van der Waals surface area (Å²) in [4.78, 5) is 13.6. The fourth-order valence-electron chi connectivity index (χ4n) is 1.51. The SMILES string of the molecule is CC(C)(CO)NCc1ccc2oc(=O)[nH]c2c1. The molecule has 0 atom stereocenters. The third-order valence-corrected chi connectivity index (χ3v) is 2.65. The zero-order valence-electron chi connectivity index (χ0n) is 9.91. The molecule has 1 aromatic carbocycles. The molecule has 17 heavy (non-hydrogen) atoms. The highest BCUT2D eigenvalue weighted by molar-refractivity contribution is 5.72. The minimum atomic E-state index is -0.444. The molecule has 0 unspecified atom stereocenters. The summed E-state index contributed by atoms with van der Waals surface area (Å²) in [5.74, 6) is -0.444. The van der Waals surface area contributed by atoms with E-state index in [1.165, 1.54) is 0 Å². The number of aliphatic hydroxyl groups is 1. The topological polar surface area (TPSA) is 78.3 Å². The molecule has 1 heterocycles. The summed E-state index contributed by atoms with van der Waals surface area (Å²) < 4.78 is 4.92. The van der Waals surface area contributed by atoms with Gasteiger partial charge in [-0.15, -0.1) is 0 Å². The van der Waals surface area contributed by atoms with Crippen LogP contribution >= 0.6 is 0 Å². The van der Waals surface area contributed by atoms with Crippen LogP contribution < -0.4 is 11.1 Å². The average Bonchev–Trinajstić information content (AvgIpc) is 2.66. The summed E-state index contributed by atoms with van der Waals surface area (Å²) in [6, 6.07) is 5.51. The molecular weight excluding hydrogens is 220 g/mol. The van der Waals surface area contributed by atoms with Crippen LogP contribution in [0.25, 0.3) is 11.1 Å². The van der Waals surface area contributed by atoms with Crippen molar-refractivity contribution < 1.29 is 9.52 Å². The van der Waals surface area contributed by atoms with Gasteiger partial charge in [0, 0.05) is 12.1 Å². The van der Waals surface area contributed by atoms with Crippen LogP contribution in [0.15, 0.2) is 27.4 Å². The van der Waals surface area contributed by atoms with Crippen LogP contribution in [0.2, 0.25) is 0 Å². The zero-order chi connectivity index (χ0) is 12.5. The number of oxazole rings is 1. The molecule has 5 nitrogen and oxygen atoms in total. The standard InChI is InChI=1S/C12H16N2O3/c1-12(2,7-15)13-6-8-3-4-10-9(5-8)14-11(16)17-10/h3-5,13,15H,6-7H2,1-2H3,(H,14,16). The Morgan fingerprint density at radius 2 is 2.24 bits per heavy atom. The maximum atomic E-state index is 11.0. The number of hydrogen-bond acceptors (Lipinski definition) is 4. The summed E-state index contributed by atoms with van der Waals surface area (Å²) in [5, 5.41) is 12.3. The molecule has 92 valence electrons. The lowest BCUT2D eigenvalue weighted by molar-refractivity contribution is 0.187. The molecule has 0 saturated carbocycles. The van der Waals surface area contributed by atoms with Crippen LogP contribution in [-0.4, -0.2) is 22.2 Å². The van der Waals surface area contributed by atoms with Gasteiger partial charge < -0.3 is 14.8 Å². The smallest absolute Gasteiger partial charge is 0.408 e. The quantitative estimate of drug-likeness (QED) is 0.739. The van der Waals surface area contributed by atoms with E-state index >= 15 is 0 Å². The predicted molar refractivity (Wildman–Crippen MR) is 64.8 cm³/mol. The van der Waals surface area contributed by atoms with E-state index in [1.54, 1.807) is 6.07 Å². The average molecular weight is 236 g/mol. The summed E-state index contributed by atoms with van der Waals surface area (Å²) in [7, 11) is 0. The highest BCUT2D eigenvalue weighted by Crippen LogP contribution is 2.13. The van der Waals surface area contributed by atoms with E-state index in [4.69, 9.17) is 9.52 Å². The zero-order valence-corrected chi connectivity index (χ0v) is 9.91. The molecule has 0 aliphatic heterocycles. The third-order valence-electron chi connectivity index (χ3n) is 2.65. The van der Waals surface area contributed by atoms with Gasteiger partial charge in [0.15, 0.2) is 5.58 Å². The fraction of sp³-hybridized carbons (Fsp3) is 0.417. The predicted octanol–water partition coefficient (Wildman–Crippen LogP) is 0.982. The van der Waals surface area contributed by atoms with Gasteiger partial charge >= 0.3 is 5.76 Å². The summed E-state index contributed by atoms with van der Waals surface area (Å²) in [5.41, 5.74) is 1.95. The van der Waals surface area contributed by atoms with Gasteiger partial charge in [0.1, 0.15) is 0 Å². The lowest BCUT2D eigenvalue weighted by Gasteiger charge is -2.23. The maximum Gasteiger partial charge on any atom is 0.417 e. The van der Waals surface area contributed by atoms with Crippen molar-refractivity contribution in [3.8, 4) is 0 Å². The fourth-order valence-corrected chi connectivity index (χ4v) is 1.51. The maximum absolute atomic E-state index is 11.0. The number of aromatic nitrogens is 1. The summed E-state index contributed by atoms with van der Waals surface area (Å²) in [6.45, 7) is 4.53. The monoisotopic (exact) mass is 236 g/mol. The second-order valence-corrected chi connectivity index (χ2v) is 4.74. The number of H-pyrrole nitrogens is 1. The van der Waals surface area contributed by atoms with Crippen molar-refractivity contribution >= 4 is 11.1 Å². The Hall–Kier alpha value is -1.59. The number of nitrogens with one attached hydrogen (secondary N) is 2. The van der Waals surface area contributed by atoms with E-state index in [9.17, 15) is 4.79 Å². The van der Waals surface area contributed by atoms with E-state index in [-0.39, 0.29) is 12.1 Å². The van der Waals surface area contributed by atoms with Gasteiger partial charge in [-0.25, -0.2) is 4.79 Å². The van der Waals surface area contributed by atoms with Crippen LogP contribution in [0.1, 0.15) is 19.4 Å². The molecule has 5 heteroatoms. The Morgan fingerprint density at radius 3 is 2.94 bits per heavy atom. The minimum absolute atomic E-state index is 0.0672. The van der Waals surface area contributed by atoms with E-state index in [0.29, 0.717) is 17.6 Å². The van der Waals surface area contributed by atoms with Crippen molar-refractivity contribution in [3.05, 3.63) is 34.3 Å². The Labute approximate surface area is 98.5 Å². The summed E-state index contributed by atoms with van der Waals surface area (Å²) in [6.07, 6.45) is 0. The molecule has 0 saturated heterocycles. The highest BCUT2D eigenvalue weighted by atomic mass is 16.4. The first-order chi connectivity index (χ1) is 8.00. The van der Waals surface area contributed by atoms with Crippen LogP contribution in [0, 0.1) is 0 Å². The number of fused-ring (bicyclic) bond motifs is 1. The Morgan fingerprint density at radius 1 is 1.47 bits per heavy atom. The normalized spacial score (nSPS) is 12.2. The van der Waals surface area contributed by atoms with Gasteiger partial charge in [0.2, 0.25) is 0 Å². The molecule has 0 aliphatic carbocycles. The van der Waals surface area contributed by atoms with Crippen LogP contribution in [-0.2, 0) is 6.54 Å². The first kappa shape index (κ1) is 11.9. The van der Waals surface area contributed by atoms with Gasteiger partial charge in [-0.05, 0) is 31.5 Å². The molecule has 0 bridgehead atoms. The molecule has 2 rings (SSSR count). The highest BCUT2D eigenvalue weighted by Gasteiger charge is 2.14. The third kappa shape index (κ3) is 2.75. The number of benzene rings is 1. The van der Waals surface area contributed by atoms with Crippen molar-refractivity contribution in [2.75, 3.05) is 6.61 Å². The summed E-state index contributed by atoms with van der Waals surface area (Å²) >= 11 is 0. The molecule has 3 N–H and O–H groups in total. The molecular formula is C12H16N2O3. The van der Waals surface area contributed by atoms with Crippen molar-refractivity contribution in [1.29, 1.82) is 0 Å². The van der Waals surface area contributed by atoms with Crippen LogP contribution in [0.4, 0.5) is 0 Å². The van der Waals surface area contributed by atoms with E-state index in [2.05, 4.69) is 10.3 Å². The second-order valence-electron chi connectivity index (χ2n) is 4.74. The van der Waals surface area contributed by atoms with E-state index in [0.717, 1.165) is 5.56 Å². The van der Waals surface area contributed by atoms with Crippen molar-refractivity contribution in [3.63, 3.8) is 0 Å². The number of aliphatic hydroxyl groups excluding tert-OH is 1. The lowest BCUT2D eigenvalue weighted by Crippen LogP contribution is -2.42. The van der Waals surface area contributed by atoms with Gasteiger partial charge in [-0.2, -0.15) is 0 Å². The van der Waals surface area contributed by atoms with Crippen LogP contribution in [0.3, 0.4) is 0 Å². The Bertz CT molecular complexity index is 568. The van der Waals surface area contributed by atoms with Crippen LogP contribution in [0.5, 0.6) is 0 Å². The van der Waals surface area contributed by atoms with Crippen molar-refractivity contribution in [2.24, 2.45) is 0 Å². The first-order valence-corrected chi connectivity index (χ1v) is 5.48. The van der Waals surface area contributed by atoms with Gasteiger partial charge in [-0.1, -0.05) is 6.07 Å². The van der Waals surface area contributed by atoms with E-state index < -0.39 is 5.76 Å². The molecule has 0 fully saturated rings. The van der Waals surface area contributed by atoms with E-state index in [1.807, 2.05) is 26.0 Å². The molecule has 0 spiro atoms. The number of rotatable bonds is 4. The number of hydrogen-bond donors (Lipinski definition) is 3. The van der Waals surface area contributed by atoms with Gasteiger partial charge in [0.25, 0.3) is 0 Å². The largest absolute Gasteiger partial charge is 0.417 e.